The molecule has 0 atom stereocenters. The molecule has 0 unspecified atom stereocenters. The lowest BCUT2D eigenvalue weighted by molar-refractivity contribution is 0.599. The quantitative estimate of drug-likeness (QED) is 0.749. The first-order chi connectivity index (χ1) is 12.1. The van der Waals surface area contributed by atoms with E-state index in [-0.39, 0.29) is 11.9 Å². The third kappa shape index (κ3) is 4.24. The minimum absolute atomic E-state index is 0.0182. The molecule has 136 valence electrons. The maximum absolute atomic E-state index is 13.3. The van der Waals surface area contributed by atoms with Gasteiger partial charge in [0.15, 0.2) is 0 Å². The molecule has 0 saturated heterocycles. The Labute approximate surface area is 152 Å². The van der Waals surface area contributed by atoms with Crippen molar-refractivity contribution in [2.75, 3.05) is 17.6 Å². The summed E-state index contributed by atoms with van der Waals surface area (Å²) >= 11 is 0. The van der Waals surface area contributed by atoms with Crippen molar-refractivity contribution in [2.24, 2.45) is 0 Å². The van der Waals surface area contributed by atoms with Crippen LogP contribution in [0.2, 0.25) is 0 Å². The predicted molar refractivity (Wildman–Crippen MR) is 99.4 cm³/mol. The highest BCUT2D eigenvalue weighted by Crippen LogP contribution is 2.31. The van der Waals surface area contributed by atoms with Crippen molar-refractivity contribution in [3.63, 3.8) is 0 Å². The molecule has 0 aliphatic rings. The summed E-state index contributed by atoms with van der Waals surface area (Å²) in [4.78, 5) is 8.78. The summed E-state index contributed by atoms with van der Waals surface area (Å²) in [5.41, 5.74) is 2.22. The van der Waals surface area contributed by atoms with Crippen LogP contribution >= 0.6 is 0 Å². The third-order valence-electron chi connectivity index (χ3n) is 3.73. The Bertz CT molecular complexity index is 977. The van der Waals surface area contributed by atoms with Crippen molar-refractivity contribution in [3.05, 3.63) is 47.4 Å². The zero-order valence-corrected chi connectivity index (χ0v) is 15.7. The second kappa shape index (κ2) is 7.62. The van der Waals surface area contributed by atoms with Gasteiger partial charge in [-0.05, 0) is 36.3 Å². The molecule has 0 bridgehead atoms. The first-order valence-corrected chi connectivity index (χ1v) is 9.68. The first kappa shape index (κ1) is 19.5. The van der Waals surface area contributed by atoms with Crippen LogP contribution in [0.1, 0.15) is 31.0 Å². The van der Waals surface area contributed by atoms with E-state index in [1.54, 1.807) is 18.2 Å². The van der Waals surface area contributed by atoms with Gasteiger partial charge in [-0.3, -0.25) is 0 Å². The van der Waals surface area contributed by atoms with E-state index < -0.39 is 15.8 Å². The van der Waals surface area contributed by atoms with Gasteiger partial charge in [0.1, 0.15) is 5.82 Å². The van der Waals surface area contributed by atoms with Crippen molar-refractivity contribution >= 4 is 22.0 Å². The van der Waals surface area contributed by atoms with Crippen LogP contribution in [0.3, 0.4) is 0 Å². The molecule has 0 amide bonds. The maximum Gasteiger partial charge on any atom is 0.239 e. The molecule has 0 aliphatic heterocycles. The maximum atomic E-state index is 13.3. The summed E-state index contributed by atoms with van der Waals surface area (Å²) in [6.07, 6.45) is 3.95. The molecular formula is C18H19FN4O2S. The van der Waals surface area contributed by atoms with Crippen molar-refractivity contribution in [2.45, 2.75) is 19.8 Å². The van der Waals surface area contributed by atoms with Gasteiger partial charge >= 0.3 is 0 Å². The molecule has 1 heterocycles. The van der Waals surface area contributed by atoms with Crippen LogP contribution in [-0.4, -0.2) is 31.7 Å². The van der Waals surface area contributed by atoms with Gasteiger partial charge in [0.25, 0.3) is 0 Å². The van der Waals surface area contributed by atoms with Gasteiger partial charge in [0.05, 0.1) is 23.7 Å². The Balaban J connectivity index is 2.83. The third-order valence-corrected chi connectivity index (χ3v) is 4.89. The molecule has 0 spiro atoms. The van der Waals surface area contributed by atoms with Crippen LogP contribution in [0.25, 0.3) is 17.3 Å². The number of sulfonamides is 1. The SMILES string of the molecule is CC(C)c1nc(N(C)S(C)(=O)=O)nc(-c2ccc(F)cc2)c1C=CC#N. The van der Waals surface area contributed by atoms with Gasteiger partial charge in [-0.15, -0.1) is 0 Å². The molecule has 8 heteroatoms. The number of rotatable bonds is 5. The van der Waals surface area contributed by atoms with Crippen LogP contribution < -0.4 is 4.31 Å². The summed E-state index contributed by atoms with van der Waals surface area (Å²) < 4.78 is 38.1. The van der Waals surface area contributed by atoms with Gasteiger partial charge in [-0.2, -0.15) is 5.26 Å². The fraction of sp³-hybridized carbons (Fsp3) is 0.278. The summed E-state index contributed by atoms with van der Waals surface area (Å²) in [6, 6.07) is 7.62. The average Bonchev–Trinajstić information content (AvgIpc) is 2.58. The number of halogens is 1. The largest absolute Gasteiger partial charge is 0.241 e. The Kier molecular flexibility index (Phi) is 5.73. The number of hydrogen-bond donors (Lipinski definition) is 0. The van der Waals surface area contributed by atoms with Gasteiger partial charge in [-0.1, -0.05) is 13.8 Å². The van der Waals surface area contributed by atoms with E-state index in [1.807, 2.05) is 19.9 Å². The second-order valence-electron chi connectivity index (χ2n) is 6.03. The minimum atomic E-state index is -3.56. The molecule has 0 N–H and O–H groups in total. The number of nitrogens with zero attached hydrogens (tertiary/aromatic N) is 4. The zero-order valence-electron chi connectivity index (χ0n) is 14.9. The first-order valence-electron chi connectivity index (χ1n) is 7.83. The number of hydrogen-bond acceptors (Lipinski definition) is 5. The zero-order chi connectivity index (χ0) is 19.5. The molecule has 1 aromatic heterocycles. The van der Waals surface area contributed by atoms with E-state index in [1.165, 1.54) is 25.3 Å². The van der Waals surface area contributed by atoms with Gasteiger partial charge < -0.3 is 0 Å². The Morgan fingerprint density at radius 3 is 2.35 bits per heavy atom. The van der Waals surface area contributed by atoms with E-state index in [0.29, 0.717) is 22.5 Å². The molecule has 0 fully saturated rings. The van der Waals surface area contributed by atoms with Crippen LogP contribution in [0.5, 0.6) is 0 Å². The van der Waals surface area contributed by atoms with Crippen molar-refractivity contribution < 1.29 is 12.8 Å². The van der Waals surface area contributed by atoms with Gasteiger partial charge in [0.2, 0.25) is 16.0 Å². The van der Waals surface area contributed by atoms with Crippen LogP contribution in [0.4, 0.5) is 10.3 Å². The fourth-order valence-corrected chi connectivity index (χ4v) is 2.69. The normalized spacial score (nSPS) is 11.7. The lowest BCUT2D eigenvalue weighted by Crippen LogP contribution is -2.27. The predicted octanol–water partition coefficient (Wildman–Crippen LogP) is 3.34. The van der Waals surface area contributed by atoms with Gasteiger partial charge in [-0.25, -0.2) is 27.1 Å². The number of anilines is 1. The summed E-state index contributed by atoms with van der Waals surface area (Å²) in [5, 5.41) is 8.89. The number of allylic oxidation sites excluding steroid dienone is 1. The van der Waals surface area contributed by atoms with Crippen molar-refractivity contribution in [1.82, 2.24) is 9.97 Å². The molecule has 26 heavy (non-hydrogen) atoms. The molecular weight excluding hydrogens is 355 g/mol. The lowest BCUT2D eigenvalue weighted by atomic mass is 9.98. The van der Waals surface area contributed by atoms with Crippen molar-refractivity contribution in [3.8, 4) is 17.3 Å². The Morgan fingerprint density at radius 1 is 1.23 bits per heavy atom. The Morgan fingerprint density at radius 2 is 1.85 bits per heavy atom. The highest BCUT2D eigenvalue weighted by Gasteiger charge is 2.22. The molecule has 0 aliphatic carbocycles. The summed E-state index contributed by atoms with van der Waals surface area (Å²) in [5.74, 6) is -0.429. The van der Waals surface area contributed by atoms with E-state index in [4.69, 9.17) is 5.26 Å². The standard InChI is InChI=1S/C18H19FN4O2S/c1-12(2)16-15(6-5-11-20)17(13-7-9-14(19)10-8-13)22-18(21-16)23(3)26(4,24)25/h5-10,12H,1-4H3. The highest BCUT2D eigenvalue weighted by atomic mass is 32.2. The van der Waals surface area contributed by atoms with Crippen LogP contribution in [0, 0.1) is 17.1 Å². The number of aromatic nitrogens is 2. The molecule has 2 rings (SSSR count). The summed E-state index contributed by atoms with van der Waals surface area (Å²) in [6.45, 7) is 3.81. The number of nitriles is 1. The molecule has 6 nitrogen and oxygen atoms in total. The van der Waals surface area contributed by atoms with E-state index >= 15 is 0 Å². The topological polar surface area (TPSA) is 87.0 Å². The lowest BCUT2D eigenvalue weighted by Gasteiger charge is -2.20. The van der Waals surface area contributed by atoms with Crippen LogP contribution in [0.15, 0.2) is 30.3 Å². The van der Waals surface area contributed by atoms with E-state index in [0.717, 1.165) is 10.6 Å². The average molecular weight is 374 g/mol. The van der Waals surface area contributed by atoms with E-state index in [9.17, 15) is 12.8 Å². The highest BCUT2D eigenvalue weighted by molar-refractivity contribution is 7.92. The number of benzene rings is 1. The molecule has 2 aromatic rings. The van der Waals surface area contributed by atoms with Crippen LogP contribution in [-0.2, 0) is 10.0 Å². The molecule has 0 radical (unpaired) electrons. The molecule has 1 aromatic carbocycles. The summed E-state index contributed by atoms with van der Waals surface area (Å²) in [7, 11) is -2.19. The second-order valence-corrected chi connectivity index (χ2v) is 8.04. The minimum Gasteiger partial charge on any atom is -0.241 e. The molecule has 0 saturated carbocycles. The monoisotopic (exact) mass is 374 g/mol. The van der Waals surface area contributed by atoms with Gasteiger partial charge in [0, 0.05) is 24.3 Å². The smallest absolute Gasteiger partial charge is 0.239 e. The fourth-order valence-electron chi connectivity index (χ4n) is 2.32. The van der Waals surface area contributed by atoms with Crippen molar-refractivity contribution in [1.29, 1.82) is 5.26 Å². The Hall–Kier alpha value is -2.79. The van der Waals surface area contributed by atoms with E-state index in [2.05, 4.69) is 9.97 Å².